The Labute approximate surface area is 145 Å². The van der Waals surface area contributed by atoms with E-state index >= 15 is 0 Å². The first-order chi connectivity index (χ1) is 10.9. The van der Waals surface area contributed by atoms with Gasteiger partial charge in [0.2, 0.25) is 0 Å². The molecule has 0 bridgehead atoms. The number of nitrogens with two attached hydrogens (primary N) is 1. The molecule has 24 heavy (non-hydrogen) atoms. The predicted molar refractivity (Wildman–Crippen MR) is 94.3 cm³/mol. The Hall–Kier alpha value is -1.44. The maximum Gasteiger partial charge on any atom is 0.325 e. The molecule has 6 nitrogen and oxygen atoms in total. The highest BCUT2D eigenvalue weighted by Gasteiger charge is 2.24. The molecule has 0 spiro atoms. The number of ether oxygens (including phenoxy) is 1. The van der Waals surface area contributed by atoms with Crippen LogP contribution in [-0.4, -0.2) is 31.1 Å². The molecule has 1 rings (SSSR count). The highest BCUT2D eigenvalue weighted by molar-refractivity contribution is 7.85. The zero-order valence-electron chi connectivity index (χ0n) is 15.1. The van der Waals surface area contributed by atoms with Gasteiger partial charge in [-0.25, -0.2) is 0 Å². The number of carbonyl (C=O) groups excluding carboxylic acids is 1. The van der Waals surface area contributed by atoms with E-state index in [4.69, 9.17) is 15.0 Å². The Balaban J connectivity index is 0.000000446. The smallest absolute Gasteiger partial charge is 0.325 e. The Morgan fingerprint density at radius 1 is 1.21 bits per heavy atom. The fourth-order valence-corrected chi connectivity index (χ4v) is 2.09. The number of hydrogen-bond acceptors (Lipinski definition) is 5. The number of benzene rings is 1. The van der Waals surface area contributed by atoms with Gasteiger partial charge in [0.25, 0.3) is 10.1 Å². The van der Waals surface area contributed by atoms with Crippen LogP contribution in [0.15, 0.2) is 29.2 Å². The van der Waals surface area contributed by atoms with Gasteiger partial charge in [-0.1, -0.05) is 44.4 Å². The molecule has 1 aromatic rings. The molecular weight excluding hydrogens is 330 g/mol. The van der Waals surface area contributed by atoms with Crippen LogP contribution >= 0.6 is 0 Å². The van der Waals surface area contributed by atoms with E-state index < -0.39 is 15.7 Å². The van der Waals surface area contributed by atoms with E-state index in [-0.39, 0.29) is 10.9 Å². The summed E-state index contributed by atoms with van der Waals surface area (Å²) in [5, 5.41) is 0. The van der Waals surface area contributed by atoms with Crippen molar-refractivity contribution >= 4 is 16.1 Å². The molecule has 138 valence electrons. The number of carbonyl (C=O) groups is 1. The molecular formula is C17H29NO5S. The number of hydrogen-bond donors (Lipinski definition) is 2. The first-order valence-electron chi connectivity index (χ1n) is 7.92. The highest BCUT2D eigenvalue weighted by atomic mass is 32.2. The molecule has 0 unspecified atom stereocenters. The molecule has 0 aliphatic rings. The molecule has 0 fully saturated rings. The SMILES string of the molecule is CCC(CC)COC(=O)C(C)(C)N.Cc1ccc(S(=O)(=O)O)cc1. The van der Waals surface area contributed by atoms with Gasteiger partial charge in [0, 0.05) is 0 Å². The Morgan fingerprint density at radius 2 is 1.67 bits per heavy atom. The van der Waals surface area contributed by atoms with Crippen LogP contribution in [0.5, 0.6) is 0 Å². The van der Waals surface area contributed by atoms with Crippen molar-refractivity contribution in [3.05, 3.63) is 29.8 Å². The fraction of sp³-hybridized carbons (Fsp3) is 0.588. The molecule has 0 amide bonds. The Morgan fingerprint density at radius 3 is 2.00 bits per heavy atom. The zero-order chi connectivity index (χ0) is 19.0. The maximum absolute atomic E-state index is 11.3. The van der Waals surface area contributed by atoms with Crippen molar-refractivity contribution < 1.29 is 22.5 Å². The van der Waals surface area contributed by atoms with E-state index in [1.54, 1.807) is 26.0 Å². The lowest BCUT2D eigenvalue weighted by Gasteiger charge is -2.19. The van der Waals surface area contributed by atoms with E-state index in [1.165, 1.54) is 12.1 Å². The minimum Gasteiger partial charge on any atom is -0.464 e. The predicted octanol–water partition coefficient (Wildman–Crippen LogP) is 2.94. The minimum atomic E-state index is -4.02. The molecule has 0 aliphatic heterocycles. The third-order valence-electron chi connectivity index (χ3n) is 3.45. The lowest BCUT2D eigenvalue weighted by Crippen LogP contribution is -2.43. The summed E-state index contributed by atoms with van der Waals surface area (Å²) in [5.41, 5.74) is 5.66. The standard InChI is InChI=1S/C10H21NO2.C7H8O3S/c1-5-8(6-2)7-13-9(12)10(3,4)11;1-6-2-4-7(5-3-6)11(8,9)10/h8H,5-7,11H2,1-4H3;2-5H,1H3,(H,8,9,10). The summed E-state index contributed by atoms with van der Waals surface area (Å²) in [5.74, 6) is 0.144. The minimum absolute atomic E-state index is 0.0666. The first-order valence-corrected chi connectivity index (χ1v) is 9.36. The lowest BCUT2D eigenvalue weighted by atomic mass is 10.0. The average Bonchev–Trinajstić information content (AvgIpc) is 2.47. The maximum atomic E-state index is 11.3. The van der Waals surface area contributed by atoms with Gasteiger partial charge in [-0.15, -0.1) is 0 Å². The van der Waals surface area contributed by atoms with Gasteiger partial charge in [-0.05, 0) is 38.8 Å². The van der Waals surface area contributed by atoms with E-state index in [0.717, 1.165) is 18.4 Å². The van der Waals surface area contributed by atoms with Crippen LogP contribution in [0.3, 0.4) is 0 Å². The quantitative estimate of drug-likeness (QED) is 0.597. The highest BCUT2D eigenvalue weighted by Crippen LogP contribution is 2.10. The second-order valence-electron chi connectivity index (χ2n) is 6.29. The van der Waals surface area contributed by atoms with Gasteiger partial charge in [-0.2, -0.15) is 8.42 Å². The van der Waals surface area contributed by atoms with Crippen LogP contribution in [0.2, 0.25) is 0 Å². The van der Waals surface area contributed by atoms with Crippen molar-refractivity contribution in [3.8, 4) is 0 Å². The van der Waals surface area contributed by atoms with Crippen molar-refractivity contribution in [2.45, 2.75) is 57.9 Å². The van der Waals surface area contributed by atoms with Crippen molar-refractivity contribution in [3.63, 3.8) is 0 Å². The van der Waals surface area contributed by atoms with Gasteiger partial charge in [0.1, 0.15) is 5.54 Å². The van der Waals surface area contributed by atoms with E-state index in [2.05, 4.69) is 13.8 Å². The zero-order valence-corrected chi connectivity index (χ0v) is 15.9. The van der Waals surface area contributed by atoms with Crippen molar-refractivity contribution in [1.82, 2.24) is 0 Å². The van der Waals surface area contributed by atoms with E-state index in [1.807, 2.05) is 6.92 Å². The second kappa shape index (κ2) is 9.76. The molecule has 0 aliphatic carbocycles. The van der Waals surface area contributed by atoms with Crippen molar-refractivity contribution in [1.29, 1.82) is 0 Å². The summed E-state index contributed by atoms with van der Waals surface area (Å²) < 4.78 is 34.6. The topological polar surface area (TPSA) is 107 Å². The van der Waals surface area contributed by atoms with Crippen LogP contribution in [-0.2, 0) is 19.6 Å². The Bertz CT molecular complexity index is 599. The molecule has 7 heteroatoms. The van der Waals surface area contributed by atoms with Crippen LogP contribution in [0.1, 0.15) is 46.1 Å². The average molecular weight is 359 g/mol. The molecule has 3 N–H and O–H groups in total. The van der Waals surface area contributed by atoms with Gasteiger partial charge in [0.05, 0.1) is 11.5 Å². The lowest BCUT2D eigenvalue weighted by molar-refractivity contribution is -0.150. The largest absolute Gasteiger partial charge is 0.464 e. The van der Waals surface area contributed by atoms with E-state index in [0.29, 0.717) is 12.5 Å². The number of esters is 1. The molecule has 0 saturated carbocycles. The van der Waals surface area contributed by atoms with Crippen LogP contribution < -0.4 is 5.73 Å². The first kappa shape index (κ1) is 22.6. The molecule has 0 atom stereocenters. The molecule has 0 aromatic heterocycles. The summed E-state index contributed by atoms with van der Waals surface area (Å²) in [7, 11) is -4.02. The number of rotatable bonds is 6. The summed E-state index contributed by atoms with van der Waals surface area (Å²) in [6.45, 7) is 9.83. The summed E-state index contributed by atoms with van der Waals surface area (Å²) in [6, 6.07) is 5.99. The van der Waals surface area contributed by atoms with Crippen LogP contribution in [0, 0.1) is 12.8 Å². The summed E-state index contributed by atoms with van der Waals surface area (Å²) in [4.78, 5) is 11.2. The van der Waals surface area contributed by atoms with E-state index in [9.17, 15) is 13.2 Å². The summed E-state index contributed by atoms with van der Waals surface area (Å²) in [6.07, 6.45) is 2.07. The van der Waals surface area contributed by atoms with Crippen LogP contribution in [0.25, 0.3) is 0 Å². The van der Waals surface area contributed by atoms with Crippen molar-refractivity contribution in [2.75, 3.05) is 6.61 Å². The number of aryl methyl sites for hydroxylation is 1. The fourth-order valence-electron chi connectivity index (χ4n) is 1.61. The molecule has 0 saturated heterocycles. The normalized spacial score (nSPS) is 11.7. The molecule has 0 radical (unpaired) electrons. The molecule has 1 aromatic carbocycles. The Kier molecular flexibility index (Phi) is 9.17. The van der Waals surface area contributed by atoms with Gasteiger partial charge < -0.3 is 10.5 Å². The second-order valence-corrected chi connectivity index (χ2v) is 7.71. The third-order valence-corrected chi connectivity index (χ3v) is 4.32. The van der Waals surface area contributed by atoms with Gasteiger partial charge >= 0.3 is 5.97 Å². The van der Waals surface area contributed by atoms with Crippen LogP contribution in [0.4, 0.5) is 0 Å². The van der Waals surface area contributed by atoms with Crippen molar-refractivity contribution in [2.24, 2.45) is 11.7 Å². The summed E-state index contributed by atoms with van der Waals surface area (Å²) >= 11 is 0. The van der Waals surface area contributed by atoms with Gasteiger partial charge in [0.15, 0.2) is 0 Å². The molecule has 0 heterocycles. The monoisotopic (exact) mass is 359 g/mol. The van der Waals surface area contributed by atoms with Gasteiger partial charge in [-0.3, -0.25) is 9.35 Å². The third kappa shape index (κ3) is 9.00.